The van der Waals surface area contributed by atoms with Crippen LogP contribution < -0.4 is 11.3 Å². The largest absolute Gasteiger partial charge is 0.417 e. The van der Waals surface area contributed by atoms with Crippen molar-refractivity contribution in [3.05, 3.63) is 57.2 Å². The highest BCUT2D eigenvalue weighted by Crippen LogP contribution is 2.26. The van der Waals surface area contributed by atoms with Gasteiger partial charge in [-0.1, -0.05) is 0 Å². The smallest absolute Gasteiger partial charge is 0.408 e. The summed E-state index contributed by atoms with van der Waals surface area (Å²) in [5.74, 6) is -0.410. The summed E-state index contributed by atoms with van der Waals surface area (Å²) in [7, 11) is -3.67. The van der Waals surface area contributed by atoms with Gasteiger partial charge in [0.2, 0.25) is 10.0 Å². The number of benzene rings is 1. The van der Waals surface area contributed by atoms with E-state index in [1.165, 1.54) is 35.0 Å². The lowest BCUT2D eigenvalue weighted by atomic mass is 9.98. The summed E-state index contributed by atoms with van der Waals surface area (Å²) in [6.45, 7) is 3.01. The fraction of sp³-hybridized carbons (Fsp3) is 0.389. The molecule has 28 heavy (non-hydrogen) atoms. The van der Waals surface area contributed by atoms with Gasteiger partial charge in [0, 0.05) is 31.4 Å². The van der Waals surface area contributed by atoms with Crippen molar-refractivity contribution in [1.82, 2.24) is 18.8 Å². The van der Waals surface area contributed by atoms with Crippen LogP contribution in [0.15, 0.2) is 49.6 Å². The van der Waals surface area contributed by atoms with Crippen molar-refractivity contribution in [2.75, 3.05) is 13.1 Å². The van der Waals surface area contributed by atoms with Crippen LogP contribution in [0.4, 0.5) is 0 Å². The highest BCUT2D eigenvalue weighted by molar-refractivity contribution is 7.89. The number of aryl methyl sites for hydroxylation is 1. The van der Waals surface area contributed by atoms with E-state index >= 15 is 0 Å². The molecule has 0 bridgehead atoms. The number of H-pyrrole nitrogens is 1. The molecule has 9 nitrogen and oxygen atoms in total. The highest BCUT2D eigenvalue weighted by atomic mass is 32.2. The van der Waals surface area contributed by atoms with E-state index < -0.39 is 15.8 Å². The third kappa shape index (κ3) is 3.40. The van der Waals surface area contributed by atoms with Gasteiger partial charge in [-0.3, -0.25) is 14.3 Å². The summed E-state index contributed by atoms with van der Waals surface area (Å²) < 4.78 is 33.8. The van der Waals surface area contributed by atoms with Gasteiger partial charge in [-0.15, -0.1) is 0 Å². The standard InChI is InChI=1S/C18H20N4O5S/c1-12-9-19-11-21(17(12)23)10-13-4-6-22(7-5-13)28(25,26)14-2-3-16-15(8-14)20-18(24)27-16/h2-3,8-9,11,13H,4-7,10H2,1H3,(H,20,24). The van der Waals surface area contributed by atoms with Gasteiger partial charge in [-0.2, -0.15) is 4.31 Å². The molecule has 1 fully saturated rings. The number of hydrogen-bond acceptors (Lipinski definition) is 6. The fourth-order valence-corrected chi connectivity index (χ4v) is 5.04. The van der Waals surface area contributed by atoms with Crippen LogP contribution in [0.5, 0.6) is 0 Å². The number of nitrogens with zero attached hydrogens (tertiary/aromatic N) is 3. The molecule has 0 spiro atoms. The molecule has 1 aliphatic heterocycles. The van der Waals surface area contributed by atoms with Crippen molar-refractivity contribution < 1.29 is 12.8 Å². The summed E-state index contributed by atoms with van der Waals surface area (Å²) in [6, 6.07) is 4.34. The molecule has 3 aromatic rings. The topological polar surface area (TPSA) is 118 Å². The van der Waals surface area contributed by atoms with Gasteiger partial charge in [0.25, 0.3) is 5.56 Å². The summed E-state index contributed by atoms with van der Waals surface area (Å²) in [5, 5.41) is 0. The fourth-order valence-electron chi connectivity index (χ4n) is 3.54. The minimum absolute atomic E-state index is 0.0625. The minimum atomic E-state index is -3.67. The Labute approximate surface area is 160 Å². The molecule has 3 heterocycles. The molecule has 2 aromatic heterocycles. The SMILES string of the molecule is Cc1cncn(CC2CCN(S(=O)(=O)c3ccc4oc(=O)[nH]c4c3)CC2)c1=O. The molecule has 0 radical (unpaired) electrons. The van der Waals surface area contributed by atoms with Gasteiger partial charge in [0.15, 0.2) is 5.58 Å². The number of nitrogens with one attached hydrogen (secondary N) is 1. The highest BCUT2D eigenvalue weighted by Gasteiger charge is 2.30. The summed E-state index contributed by atoms with van der Waals surface area (Å²) in [6.07, 6.45) is 4.38. The zero-order valence-corrected chi connectivity index (χ0v) is 16.1. The van der Waals surface area contributed by atoms with Crippen LogP contribution >= 0.6 is 0 Å². The average molecular weight is 404 g/mol. The van der Waals surface area contributed by atoms with Crippen molar-refractivity contribution in [1.29, 1.82) is 0 Å². The normalized spacial score (nSPS) is 16.6. The molecule has 0 aliphatic carbocycles. The molecular formula is C18H20N4O5S. The first-order valence-electron chi connectivity index (χ1n) is 8.98. The Morgan fingerprint density at radius 3 is 2.75 bits per heavy atom. The number of aromatic nitrogens is 3. The molecule has 0 amide bonds. The number of aromatic amines is 1. The summed E-state index contributed by atoms with van der Waals surface area (Å²) >= 11 is 0. The second-order valence-corrected chi connectivity index (χ2v) is 8.99. The molecule has 4 rings (SSSR count). The second kappa shape index (κ2) is 7.02. The maximum Gasteiger partial charge on any atom is 0.417 e. The Bertz CT molecular complexity index is 1230. The maximum atomic E-state index is 12.9. The molecule has 0 unspecified atom stereocenters. The minimum Gasteiger partial charge on any atom is -0.408 e. The van der Waals surface area contributed by atoms with Gasteiger partial charge in [0.05, 0.1) is 16.7 Å². The molecule has 1 aliphatic rings. The van der Waals surface area contributed by atoms with Crippen LogP contribution in [0.25, 0.3) is 11.1 Å². The van der Waals surface area contributed by atoms with Crippen LogP contribution in [0.3, 0.4) is 0 Å². The Hall–Kier alpha value is -2.72. The number of sulfonamides is 1. The van der Waals surface area contributed by atoms with Crippen molar-refractivity contribution in [2.45, 2.75) is 31.2 Å². The van der Waals surface area contributed by atoms with E-state index in [-0.39, 0.29) is 16.4 Å². The molecule has 1 N–H and O–H groups in total. The van der Waals surface area contributed by atoms with E-state index in [0.29, 0.717) is 49.1 Å². The summed E-state index contributed by atoms with van der Waals surface area (Å²) in [5.41, 5.74) is 1.20. The number of hydrogen-bond donors (Lipinski definition) is 1. The third-order valence-electron chi connectivity index (χ3n) is 5.13. The van der Waals surface area contributed by atoms with Crippen molar-refractivity contribution >= 4 is 21.1 Å². The predicted octanol–water partition coefficient (Wildman–Crippen LogP) is 1.09. The first-order chi connectivity index (χ1) is 13.3. The molecule has 148 valence electrons. The number of fused-ring (bicyclic) bond motifs is 1. The Kier molecular flexibility index (Phi) is 4.68. The van der Waals surface area contributed by atoms with Gasteiger partial charge in [0.1, 0.15) is 0 Å². The van der Waals surface area contributed by atoms with E-state index in [1.54, 1.807) is 11.5 Å². The molecule has 10 heteroatoms. The first kappa shape index (κ1) is 18.6. The van der Waals surface area contributed by atoms with Gasteiger partial charge in [-0.25, -0.2) is 18.2 Å². The average Bonchev–Trinajstić information content (AvgIpc) is 3.05. The van der Waals surface area contributed by atoms with Crippen molar-refractivity contribution in [3.63, 3.8) is 0 Å². The zero-order valence-electron chi connectivity index (χ0n) is 15.3. The van der Waals surface area contributed by atoms with Crippen LogP contribution in [0.2, 0.25) is 0 Å². The van der Waals surface area contributed by atoms with Crippen LogP contribution in [0, 0.1) is 12.8 Å². The molecule has 0 atom stereocenters. The Morgan fingerprint density at radius 1 is 1.25 bits per heavy atom. The third-order valence-corrected chi connectivity index (χ3v) is 7.02. The first-order valence-corrected chi connectivity index (χ1v) is 10.4. The van der Waals surface area contributed by atoms with E-state index in [1.807, 2.05) is 0 Å². The van der Waals surface area contributed by atoms with Crippen LogP contribution in [-0.4, -0.2) is 40.3 Å². The quantitative estimate of drug-likeness (QED) is 0.695. The number of oxazole rings is 1. The number of rotatable bonds is 4. The Balaban J connectivity index is 1.48. The van der Waals surface area contributed by atoms with Gasteiger partial charge < -0.3 is 4.42 Å². The van der Waals surface area contributed by atoms with Crippen molar-refractivity contribution in [3.8, 4) is 0 Å². The maximum absolute atomic E-state index is 12.9. The van der Waals surface area contributed by atoms with E-state index in [4.69, 9.17) is 4.42 Å². The van der Waals surface area contributed by atoms with E-state index in [0.717, 1.165) is 0 Å². The van der Waals surface area contributed by atoms with E-state index in [9.17, 15) is 18.0 Å². The monoisotopic (exact) mass is 404 g/mol. The van der Waals surface area contributed by atoms with Gasteiger partial charge >= 0.3 is 5.76 Å². The lowest BCUT2D eigenvalue weighted by Gasteiger charge is -2.31. The molecule has 1 aromatic carbocycles. The van der Waals surface area contributed by atoms with Crippen LogP contribution in [-0.2, 0) is 16.6 Å². The van der Waals surface area contributed by atoms with Crippen LogP contribution in [0.1, 0.15) is 18.4 Å². The second-order valence-electron chi connectivity index (χ2n) is 7.05. The molecule has 1 saturated heterocycles. The lowest BCUT2D eigenvalue weighted by molar-refractivity contribution is 0.250. The summed E-state index contributed by atoms with van der Waals surface area (Å²) in [4.78, 5) is 30.1. The van der Waals surface area contributed by atoms with Gasteiger partial charge in [-0.05, 0) is 43.9 Å². The molecular weight excluding hydrogens is 384 g/mol. The predicted molar refractivity (Wildman–Crippen MR) is 102 cm³/mol. The number of piperidine rings is 1. The lowest BCUT2D eigenvalue weighted by Crippen LogP contribution is -2.40. The van der Waals surface area contributed by atoms with Crippen molar-refractivity contribution in [2.24, 2.45) is 5.92 Å². The van der Waals surface area contributed by atoms with E-state index in [2.05, 4.69) is 9.97 Å². The zero-order chi connectivity index (χ0) is 19.9. The molecule has 0 saturated carbocycles. The Morgan fingerprint density at radius 2 is 2.00 bits per heavy atom.